The second-order valence-electron chi connectivity index (χ2n) is 7.06. The molecule has 3 rings (SSSR count). The lowest BCUT2D eigenvalue weighted by atomic mass is 9.79. The molecular formula is C23H24O3. The summed E-state index contributed by atoms with van der Waals surface area (Å²) in [7, 11) is 0. The molecule has 0 spiro atoms. The van der Waals surface area contributed by atoms with Crippen molar-refractivity contribution in [2.45, 2.75) is 33.6 Å². The molecule has 0 amide bonds. The zero-order valence-corrected chi connectivity index (χ0v) is 15.5. The second kappa shape index (κ2) is 6.75. The van der Waals surface area contributed by atoms with E-state index in [4.69, 9.17) is 0 Å². The van der Waals surface area contributed by atoms with Gasteiger partial charge >= 0.3 is 0 Å². The standard InChI is InChI=1S/C23H24O3/c1-13-8-15(3)21(19(25)10-13)23(17-6-5-7-18(24)12-17)22-16(4)9-14(2)11-20(22)26/h5-12,23-26H,1-4H3. The van der Waals surface area contributed by atoms with Crippen LogP contribution in [0, 0.1) is 27.7 Å². The molecule has 0 bridgehead atoms. The molecule has 0 saturated carbocycles. The van der Waals surface area contributed by atoms with Crippen molar-refractivity contribution in [2.75, 3.05) is 0 Å². The van der Waals surface area contributed by atoms with E-state index in [0.717, 1.165) is 38.9 Å². The first kappa shape index (κ1) is 17.9. The van der Waals surface area contributed by atoms with Crippen LogP contribution < -0.4 is 0 Å². The molecule has 0 aliphatic heterocycles. The molecule has 0 saturated heterocycles. The van der Waals surface area contributed by atoms with Gasteiger partial charge < -0.3 is 15.3 Å². The number of hydrogen-bond acceptors (Lipinski definition) is 3. The summed E-state index contributed by atoms with van der Waals surface area (Å²) in [4.78, 5) is 0. The summed E-state index contributed by atoms with van der Waals surface area (Å²) < 4.78 is 0. The van der Waals surface area contributed by atoms with E-state index in [-0.39, 0.29) is 23.2 Å². The Morgan fingerprint density at radius 1 is 0.654 bits per heavy atom. The van der Waals surface area contributed by atoms with Crippen molar-refractivity contribution in [1.82, 2.24) is 0 Å². The van der Waals surface area contributed by atoms with Gasteiger partial charge in [-0.15, -0.1) is 0 Å². The summed E-state index contributed by atoms with van der Waals surface area (Å²) >= 11 is 0. The van der Waals surface area contributed by atoms with Crippen LogP contribution in [0.1, 0.15) is 44.9 Å². The van der Waals surface area contributed by atoms with Crippen molar-refractivity contribution < 1.29 is 15.3 Å². The van der Waals surface area contributed by atoms with Crippen LogP contribution in [0.4, 0.5) is 0 Å². The molecule has 0 radical (unpaired) electrons. The molecule has 0 aromatic heterocycles. The molecule has 0 unspecified atom stereocenters. The molecule has 3 heteroatoms. The van der Waals surface area contributed by atoms with Crippen LogP contribution in [0.2, 0.25) is 0 Å². The predicted molar refractivity (Wildman–Crippen MR) is 104 cm³/mol. The van der Waals surface area contributed by atoms with Crippen molar-refractivity contribution in [2.24, 2.45) is 0 Å². The molecule has 0 fully saturated rings. The Morgan fingerprint density at radius 2 is 1.15 bits per heavy atom. The summed E-state index contributed by atoms with van der Waals surface area (Å²) in [6, 6.07) is 14.5. The molecule has 134 valence electrons. The lowest BCUT2D eigenvalue weighted by Crippen LogP contribution is -2.08. The number of phenolic OH excluding ortho intramolecular Hbond substituents is 3. The van der Waals surface area contributed by atoms with Crippen LogP contribution in [0.5, 0.6) is 17.2 Å². The first-order chi connectivity index (χ1) is 12.3. The Balaban J connectivity index is 2.36. The number of phenols is 3. The predicted octanol–water partition coefficient (Wildman–Crippen LogP) is 5.22. The van der Waals surface area contributed by atoms with Crippen LogP contribution in [0.15, 0.2) is 48.5 Å². The maximum Gasteiger partial charge on any atom is 0.120 e. The molecule has 3 aromatic rings. The minimum Gasteiger partial charge on any atom is -0.508 e. The second-order valence-corrected chi connectivity index (χ2v) is 7.06. The van der Waals surface area contributed by atoms with E-state index in [2.05, 4.69) is 0 Å². The van der Waals surface area contributed by atoms with Gasteiger partial charge in [0.15, 0.2) is 0 Å². The van der Waals surface area contributed by atoms with Crippen molar-refractivity contribution >= 4 is 0 Å². The Labute approximate surface area is 154 Å². The quantitative estimate of drug-likeness (QED) is 0.569. The lowest BCUT2D eigenvalue weighted by molar-refractivity contribution is 0.455. The summed E-state index contributed by atoms with van der Waals surface area (Å²) in [6.07, 6.45) is 0. The minimum absolute atomic E-state index is 0.154. The number of rotatable bonds is 3. The maximum absolute atomic E-state index is 10.7. The van der Waals surface area contributed by atoms with Crippen LogP contribution >= 0.6 is 0 Å². The highest BCUT2D eigenvalue weighted by atomic mass is 16.3. The van der Waals surface area contributed by atoms with E-state index >= 15 is 0 Å². The van der Waals surface area contributed by atoms with Gasteiger partial charge in [0.25, 0.3) is 0 Å². The number of hydrogen-bond donors (Lipinski definition) is 3. The van der Waals surface area contributed by atoms with Gasteiger partial charge in [-0.1, -0.05) is 24.3 Å². The highest BCUT2D eigenvalue weighted by Gasteiger charge is 2.26. The molecule has 0 atom stereocenters. The van der Waals surface area contributed by atoms with E-state index in [1.807, 2.05) is 45.9 Å². The SMILES string of the molecule is Cc1cc(C)c(C(c2cccc(O)c2)c2c(C)cc(C)cc2O)c(O)c1. The van der Waals surface area contributed by atoms with E-state index in [1.54, 1.807) is 30.3 Å². The average molecular weight is 348 g/mol. The fourth-order valence-corrected chi connectivity index (χ4v) is 3.85. The molecule has 0 aliphatic carbocycles. The monoisotopic (exact) mass is 348 g/mol. The van der Waals surface area contributed by atoms with E-state index in [9.17, 15) is 15.3 Å². The van der Waals surface area contributed by atoms with Crippen LogP contribution in [-0.4, -0.2) is 15.3 Å². The molecule has 0 heterocycles. The Bertz CT molecular complexity index is 869. The van der Waals surface area contributed by atoms with Crippen molar-refractivity contribution in [3.05, 3.63) is 87.5 Å². The van der Waals surface area contributed by atoms with Gasteiger partial charge in [0.05, 0.1) is 0 Å². The highest BCUT2D eigenvalue weighted by molar-refractivity contribution is 5.59. The van der Waals surface area contributed by atoms with Crippen molar-refractivity contribution in [1.29, 1.82) is 0 Å². The largest absolute Gasteiger partial charge is 0.508 e. The molecule has 3 N–H and O–H groups in total. The Kier molecular flexibility index (Phi) is 4.64. The summed E-state index contributed by atoms with van der Waals surface area (Å²) in [6.45, 7) is 7.79. The normalized spacial score (nSPS) is 11.1. The summed E-state index contributed by atoms with van der Waals surface area (Å²) in [5.41, 5.74) is 6.12. The van der Waals surface area contributed by atoms with Crippen LogP contribution in [0.25, 0.3) is 0 Å². The van der Waals surface area contributed by atoms with E-state index in [0.29, 0.717) is 0 Å². The number of aryl methyl sites for hydroxylation is 4. The van der Waals surface area contributed by atoms with Gasteiger partial charge in [0.2, 0.25) is 0 Å². The highest BCUT2D eigenvalue weighted by Crippen LogP contribution is 2.44. The summed E-state index contributed by atoms with van der Waals surface area (Å²) in [5.74, 6) is 0.148. The van der Waals surface area contributed by atoms with Gasteiger partial charge in [-0.25, -0.2) is 0 Å². The zero-order chi connectivity index (χ0) is 19.0. The van der Waals surface area contributed by atoms with Crippen LogP contribution in [0.3, 0.4) is 0 Å². The maximum atomic E-state index is 10.7. The van der Waals surface area contributed by atoms with Gasteiger partial charge in [-0.05, 0) is 79.8 Å². The first-order valence-corrected chi connectivity index (χ1v) is 8.67. The Hall–Kier alpha value is -2.94. The van der Waals surface area contributed by atoms with Gasteiger partial charge in [-0.3, -0.25) is 0 Å². The smallest absolute Gasteiger partial charge is 0.120 e. The van der Waals surface area contributed by atoms with E-state index < -0.39 is 0 Å². The van der Waals surface area contributed by atoms with Crippen molar-refractivity contribution in [3.8, 4) is 17.2 Å². The average Bonchev–Trinajstić information content (AvgIpc) is 2.51. The fourth-order valence-electron chi connectivity index (χ4n) is 3.85. The van der Waals surface area contributed by atoms with Gasteiger partial charge in [0.1, 0.15) is 17.2 Å². The molecule has 26 heavy (non-hydrogen) atoms. The molecule has 3 nitrogen and oxygen atoms in total. The third-order valence-electron chi connectivity index (χ3n) is 4.80. The van der Waals surface area contributed by atoms with Crippen molar-refractivity contribution in [3.63, 3.8) is 0 Å². The molecular weight excluding hydrogens is 324 g/mol. The molecule has 0 aliphatic rings. The fraction of sp³-hybridized carbons (Fsp3) is 0.217. The van der Waals surface area contributed by atoms with Gasteiger partial charge in [-0.2, -0.15) is 0 Å². The van der Waals surface area contributed by atoms with Gasteiger partial charge in [0, 0.05) is 17.0 Å². The number of benzene rings is 3. The topological polar surface area (TPSA) is 60.7 Å². The minimum atomic E-state index is -0.386. The number of aromatic hydroxyl groups is 3. The lowest BCUT2D eigenvalue weighted by Gasteiger charge is -2.25. The third-order valence-corrected chi connectivity index (χ3v) is 4.80. The Morgan fingerprint density at radius 3 is 1.58 bits per heavy atom. The van der Waals surface area contributed by atoms with E-state index in [1.165, 1.54) is 0 Å². The molecule has 3 aromatic carbocycles. The summed E-state index contributed by atoms with van der Waals surface area (Å²) in [5, 5.41) is 31.4. The van der Waals surface area contributed by atoms with Crippen LogP contribution in [-0.2, 0) is 0 Å². The first-order valence-electron chi connectivity index (χ1n) is 8.67. The zero-order valence-electron chi connectivity index (χ0n) is 15.5. The third kappa shape index (κ3) is 3.25.